The lowest BCUT2D eigenvalue weighted by Gasteiger charge is -2.32. The maximum atomic E-state index is 14.3. The molecular formula is C30H33N5O6. The number of aromatic nitrogens is 3. The van der Waals surface area contributed by atoms with Gasteiger partial charge in [0, 0.05) is 24.9 Å². The van der Waals surface area contributed by atoms with E-state index in [2.05, 4.69) is 15.6 Å². The Kier molecular flexibility index (Phi) is 8.64. The fraction of sp³-hybridized carbons (Fsp3) is 0.333. The molecule has 0 bridgehead atoms. The molecule has 4 aromatic rings. The van der Waals surface area contributed by atoms with E-state index < -0.39 is 6.04 Å². The van der Waals surface area contributed by atoms with Gasteiger partial charge < -0.3 is 24.3 Å². The van der Waals surface area contributed by atoms with Gasteiger partial charge >= 0.3 is 0 Å². The Labute approximate surface area is 237 Å². The molecule has 0 radical (unpaired) electrons. The number of para-hydroxylation sites is 1. The summed E-state index contributed by atoms with van der Waals surface area (Å²) in [6, 6.07) is 18.6. The summed E-state index contributed by atoms with van der Waals surface area (Å²) in [5, 5.41) is 11.4. The van der Waals surface area contributed by atoms with Crippen LogP contribution in [-0.2, 0) is 20.9 Å². The fourth-order valence-corrected chi connectivity index (χ4v) is 5.00. The number of methoxy groups -OCH3 is 3. The molecule has 1 N–H and O–H groups in total. The van der Waals surface area contributed by atoms with E-state index in [1.54, 1.807) is 49.6 Å². The molecule has 2 amide bonds. The first-order chi connectivity index (χ1) is 20.0. The van der Waals surface area contributed by atoms with Gasteiger partial charge in [-0.1, -0.05) is 29.5 Å². The highest BCUT2D eigenvalue weighted by molar-refractivity contribution is 6.01. The Balaban J connectivity index is 1.59. The topological polar surface area (TPSA) is 117 Å². The van der Waals surface area contributed by atoms with Crippen LogP contribution in [0.15, 0.2) is 66.7 Å². The van der Waals surface area contributed by atoms with Crippen LogP contribution in [0.5, 0.6) is 17.2 Å². The molecule has 1 fully saturated rings. The van der Waals surface area contributed by atoms with Crippen LogP contribution < -0.4 is 24.4 Å². The van der Waals surface area contributed by atoms with Crippen LogP contribution in [0.3, 0.4) is 0 Å². The number of benzene rings is 3. The van der Waals surface area contributed by atoms with Crippen LogP contribution in [0.1, 0.15) is 24.4 Å². The molecule has 1 saturated heterocycles. The number of amides is 2. The number of hydrogen-bond donors (Lipinski definition) is 1. The maximum Gasteiger partial charge on any atom is 0.249 e. The Morgan fingerprint density at radius 2 is 1.85 bits per heavy atom. The zero-order chi connectivity index (χ0) is 28.8. The van der Waals surface area contributed by atoms with Gasteiger partial charge in [-0.15, -0.1) is 5.10 Å². The number of carbonyl (C=O) groups excluding carboxylic acids is 2. The second-order valence-electron chi connectivity index (χ2n) is 9.60. The van der Waals surface area contributed by atoms with Crippen molar-refractivity contribution in [2.45, 2.75) is 31.5 Å². The number of hydrogen-bond acceptors (Lipinski definition) is 8. The Morgan fingerprint density at radius 3 is 2.61 bits per heavy atom. The Hall–Kier alpha value is -4.64. The molecule has 2 heterocycles. The maximum absolute atomic E-state index is 14.3. The average Bonchev–Trinajstić information content (AvgIpc) is 3.68. The van der Waals surface area contributed by atoms with Gasteiger partial charge in [-0.05, 0) is 54.8 Å². The molecule has 214 valence electrons. The number of fused-ring (bicyclic) bond motifs is 1. The van der Waals surface area contributed by atoms with Crippen LogP contribution in [-0.4, -0.2) is 67.4 Å². The SMILES string of the molecule is COc1cccc(C(C(=O)NCC2CCCO2)N(C(=O)Cn2nnc3ccccc32)c2ccc(OC)c(OC)c2)c1. The highest BCUT2D eigenvalue weighted by Gasteiger charge is 2.34. The first-order valence-corrected chi connectivity index (χ1v) is 13.4. The molecule has 11 heteroatoms. The van der Waals surface area contributed by atoms with Gasteiger partial charge in [-0.2, -0.15) is 0 Å². The van der Waals surface area contributed by atoms with Gasteiger partial charge in [-0.25, -0.2) is 4.68 Å². The zero-order valence-electron chi connectivity index (χ0n) is 23.3. The minimum atomic E-state index is -1.05. The molecule has 0 spiro atoms. The number of anilines is 1. The summed E-state index contributed by atoms with van der Waals surface area (Å²) in [6.45, 7) is 0.845. The standard InChI is InChI=1S/C30H33N5O6/c1-38-22-9-6-8-20(16-22)29(30(37)31-18-23-10-7-15-41-23)35(21-13-14-26(39-2)27(17-21)40-3)28(36)19-34-25-12-5-4-11-24(25)32-33-34/h4-6,8-9,11-14,16-17,23,29H,7,10,15,18-19H2,1-3H3,(H,31,37). The van der Waals surface area contributed by atoms with E-state index >= 15 is 0 Å². The first kappa shape index (κ1) is 27.9. The lowest BCUT2D eigenvalue weighted by atomic mass is 10.0. The summed E-state index contributed by atoms with van der Waals surface area (Å²) in [5.74, 6) is 0.722. The highest BCUT2D eigenvalue weighted by Crippen LogP contribution is 2.36. The van der Waals surface area contributed by atoms with Crippen molar-refractivity contribution < 1.29 is 28.5 Å². The van der Waals surface area contributed by atoms with Crippen molar-refractivity contribution in [2.24, 2.45) is 0 Å². The zero-order valence-corrected chi connectivity index (χ0v) is 23.3. The summed E-state index contributed by atoms with van der Waals surface area (Å²) in [7, 11) is 4.61. The van der Waals surface area contributed by atoms with Gasteiger partial charge in [0.15, 0.2) is 11.5 Å². The third-order valence-electron chi connectivity index (χ3n) is 7.06. The van der Waals surface area contributed by atoms with Crippen molar-refractivity contribution in [3.8, 4) is 17.2 Å². The predicted octanol–water partition coefficient (Wildman–Crippen LogP) is 3.53. The van der Waals surface area contributed by atoms with E-state index in [0.717, 1.165) is 12.8 Å². The third-order valence-corrected chi connectivity index (χ3v) is 7.06. The van der Waals surface area contributed by atoms with E-state index in [9.17, 15) is 9.59 Å². The highest BCUT2D eigenvalue weighted by atomic mass is 16.5. The van der Waals surface area contributed by atoms with Crippen molar-refractivity contribution in [2.75, 3.05) is 39.4 Å². The molecule has 41 heavy (non-hydrogen) atoms. The fourth-order valence-electron chi connectivity index (χ4n) is 5.00. The van der Waals surface area contributed by atoms with Gasteiger partial charge in [0.25, 0.3) is 0 Å². The molecule has 1 aliphatic heterocycles. The lowest BCUT2D eigenvalue weighted by molar-refractivity contribution is -0.127. The summed E-state index contributed by atoms with van der Waals surface area (Å²) >= 11 is 0. The molecule has 0 saturated carbocycles. The van der Waals surface area contributed by atoms with E-state index in [1.165, 1.54) is 23.8 Å². The van der Waals surface area contributed by atoms with Crippen LogP contribution in [0.4, 0.5) is 5.69 Å². The van der Waals surface area contributed by atoms with Crippen molar-refractivity contribution >= 4 is 28.5 Å². The molecular weight excluding hydrogens is 526 g/mol. The molecule has 1 aliphatic rings. The van der Waals surface area contributed by atoms with E-state index in [0.29, 0.717) is 52.7 Å². The van der Waals surface area contributed by atoms with Gasteiger partial charge in [0.05, 0.1) is 33.0 Å². The minimum Gasteiger partial charge on any atom is -0.497 e. The van der Waals surface area contributed by atoms with Crippen molar-refractivity contribution in [3.05, 3.63) is 72.3 Å². The van der Waals surface area contributed by atoms with Crippen LogP contribution in [0, 0.1) is 0 Å². The summed E-state index contributed by atoms with van der Waals surface area (Å²) in [4.78, 5) is 29.7. The van der Waals surface area contributed by atoms with Gasteiger partial charge in [0.1, 0.15) is 23.9 Å². The number of nitrogens with one attached hydrogen (secondary N) is 1. The molecule has 5 rings (SSSR count). The summed E-state index contributed by atoms with van der Waals surface area (Å²) in [6.07, 6.45) is 1.74. The van der Waals surface area contributed by atoms with E-state index in [1.807, 2.05) is 24.3 Å². The molecule has 3 aromatic carbocycles. The third kappa shape index (κ3) is 6.09. The van der Waals surface area contributed by atoms with Crippen molar-refractivity contribution in [1.82, 2.24) is 20.3 Å². The second-order valence-corrected chi connectivity index (χ2v) is 9.60. The normalized spacial score (nSPS) is 15.3. The molecule has 1 aromatic heterocycles. The van der Waals surface area contributed by atoms with Crippen molar-refractivity contribution in [3.63, 3.8) is 0 Å². The summed E-state index contributed by atoms with van der Waals surface area (Å²) in [5.41, 5.74) is 2.38. The molecule has 0 aliphatic carbocycles. The number of ether oxygens (including phenoxy) is 4. The number of rotatable bonds is 11. The number of carbonyl (C=O) groups is 2. The quantitative estimate of drug-likeness (QED) is 0.297. The van der Waals surface area contributed by atoms with Crippen LogP contribution in [0.2, 0.25) is 0 Å². The van der Waals surface area contributed by atoms with E-state index in [-0.39, 0.29) is 24.5 Å². The van der Waals surface area contributed by atoms with E-state index in [4.69, 9.17) is 18.9 Å². The van der Waals surface area contributed by atoms with Crippen LogP contribution >= 0.6 is 0 Å². The number of nitrogens with zero attached hydrogens (tertiary/aromatic N) is 4. The molecule has 2 atom stereocenters. The van der Waals surface area contributed by atoms with Crippen LogP contribution in [0.25, 0.3) is 11.0 Å². The first-order valence-electron chi connectivity index (χ1n) is 13.4. The van der Waals surface area contributed by atoms with Gasteiger partial charge in [-0.3, -0.25) is 14.5 Å². The minimum absolute atomic E-state index is 0.0725. The largest absolute Gasteiger partial charge is 0.497 e. The molecule has 11 nitrogen and oxygen atoms in total. The molecule has 2 unspecified atom stereocenters. The second kappa shape index (κ2) is 12.7. The van der Waals surface area contributed by atoms with Gasteiger partial charge in [0.2, 0.25) is 11.8 Å². The monoisotopic (exact) mass is 559 g/mol. The summed E-state index contributed by atoms with van der Waals surface area (Å²) < 4.78 is 23.7. The van der Waals surface area contributed by atoms with Crippen molar-refractivity contribution in [1.29, 1.82) is 0 Å². The lowest BCUT2D eigenvalue weighted by Crippen LogP contribution is -2.46. The smallest absolute Gasteiger partial charge is 0.249 e. The Morgan fingerprint density at radius 1 is 1.02 bits per heavy atom. The Bertz CT molecular complexity index is 1520. The average molecular weight is 560 g/mol. The predicted molar refractivity (Wildman–Crippen MR) is 152 cm³/mol.